The Hall–Kier alpha value is -2.40. The van der Waals surface area contributed by atoms with E-state index in [1.54, 1.807) is 0 Å². The summed E-state index contributed by atoms with van der Waals surface area (Å²) >= 11 is 0. The zero-order chi connectivity index (χ0) is 15.2. The second kappa shape index (κ2) is 6.85. The van der Waals surface area contributed by atoms with E-state index in [-0.39, 0.29) is 5.78 Å². The Kier molecular flexibility index (Phi) is 4.90. The number of ketones is 1. The van der Waals surface area contributed by atoms with Crippen LogP contribution in [0.4, 0.5) is 0 Å². The molecule has 2 rings (SSSR count). The van der Waals surface area contributed by atoms with Gasteiger partial charge in [-0.25, -0.2) is 0 Å². The number of benzene rings is 2. The molecule has 0 aliphatic heterocycles. The average Bonchev–Trinajstić information content (AvgIpc) is 2.50. The van der Waals surface area contributed by atoms with Crippen LogP contribution in [-0.2, 0) is 11.2 Å². The highest BCUT2D eigenvalue weighted by Gasteiger charge is 2.20. The molecule has 0 N–H and O–H groups in total. The summed E-state index contributed by atoms with van der Waals surface area (Å²) in [5.74, 6) is -0.669. The Labute approximate surface area is 126 Å². The standard InChI is InChI=1S/C19H19NO/c1-14-8-10-17(12-15(14)2)18(13-20)19(21)11-9-16-6-4-3-5-7-16/h3-8,10,12,18H,9,11H2,1-2H3. The van der Waals surface area contributed by atoms with E-state index < -0.39 is 5.92 Å². The van der Waals surface area contributed by atoms with Crippen LogP contribution in [0.15, 0.2) is 48.5 Å². The summed E-state index contributed by atoms with van der Waals surface area (Å²) in [6.45, 7) is 4.03. The number of hydrogen-bond donors (Lipinski definition) is 0. The molecule has 2 aromatic rings. The van der Waals surface area contributed by atoms with Gasteiger partial charge in [-0.2, -0.15) is 5.26 Å². The van der Waals surface area contributed by atoms with Gasteiger partial charge in [0, 0.05) is 6.42 Å². The first-order chi connectivity index (χ1) is 10.1. The SMILES string of the molecule is Cc1ccc(C(C#N)C(=O)CCc2ccccc2)cc1C. The van der Waals surface area contributed by atoms with Gasteiger partial charge >= 0.3 is 0 Å². The third kappa shape index (κ3) is 3.79. The van der Waals surface area contributed by atoms with Crippen LogP contribution in [0.25, 0.3) is 0 Å². The first-order valence-corrected chi connectivity index (χ1v) is 7.15. The Morgan fingerprint density at radius 2 is 1.81 bits per heavy atom. The molecule has 2 heteroatoms. The molecule has 21 heavy (non-hydrogen) atoms. The fraction of sp³-hybridized carbons (Fsp3) is 0.263. The summed E-state index contributed by atoms with van der Waals surface area (Å²) in [6, 6.07) is 17.8. The van der Waals surface area contributed by atoms with E-state index in [2.05, 4.69) is 6.07 Å². The van der Waals surface area contributed by atoms with E-state index in [1.165, 1.54) is 5.56 Å². The van der Waals surface area contributed by atoms with Crippen LogP contribution < -0.4 is 0 Å². The molecular weight excluding hydrogens is 258 g/mol. The summed E-state index contributed by atoms with van der Waals surface area (Å²) in [6.07, 6.45) is 1.08. The predicted molar refractivity (Wildman–Crippen MR) is 84.0 cm³/mol. The van der Waals surface area contributed by atoms with Gasteiger partial charge in [0.2, 0.25) is 0 Å². The number of aryl methyl sites for hydroxylation is 3. The van der Waals surface area contributed by atoms with E-state index in [0.29, 0.717) is 12.8 Å². The van der Waals surface area contributed by atoms with Gasteiger partial charge in [-0.3, -0.25) is 4.79 Å². The Bertz CT molecular complexity index is 668. The maximum Gasteiger partial charge on any atom is 0.154 e. The summed E-state index contributed by atoms with van der Waals surface area (Å²) in [5.41, 5.74) is 4.22. The summed E-state index contributed by atoms with van der Waals surface area (Å²) < 4.78 is 0. The van der Waals surface area contributed by atoms with Crippen LogP contribution in [0.2, 0.25) is 0 Å². The molecule has 0 aromatic heterocycles. The van der Waals surface area contributed by atoms with E-state index in [9.17, 15) is 10.1 Å². The highest BCUT2D eigenvalue weighted by atomic mass is 16.1. The number of Topliss-reactive ketones (excluding diaryl/α,β-unsaturated/α-hetero) is 1. The highest BCUT2D eigenvalue weighted by molar-refractivity contribution is 5.88. The lowest BCUT2D eigenvalue weighted by Crippen LogP contribution is -2.12. The molecule has 1 atom stereocenters. The quantitative estimate of drug-likeness (QED) is 0.825. The van der Waals surface area contributed by atoms with Crippen molar-refractivity contribution in [1.82, 2.24) is 0 Å². The monoisotopic (exact) mass is 277 g/mol. The van der Waals surface area contributed by atoms with Crippen LogP contribution >= 0.6 is 0 Å². The van der Waals surface area contributed by atoms with Crippen LogP contribution in [0.1, 0.15) is 34.6 Å². The molecule has 0 amide bonds. The topological polar surface area (TPSA) is 40.9 Å². The maximum absolute atomic E-state index is 12.3. The van der Waals surface area contributed by atoms with Crippen LogP contribution in [0.5, 0.6) is 0 Å². The van der Waals surface area contributed by atoms with Crippen LogP contribution in [-0.4, -0.2) is 5.78 Å². The van der Waals surface area contributed by atoms with Gasteiger partial charge in [0.25, 0.3) is 0 Å². The first kappa shape index (κ1) is 15.0. The summed E-state index contributed by atoms with van der Waals surface area (Å²) in [7, 11) is 0. The minimum Gasteiger partial charge on any atom is -0.298 e. The average molecular weight is 277 g/mol. The van der Waals surface area contributed by atoms with Crippen molar-refractivity contribution in [2.75, 3.05) is 0 Å². The van der Waals surface area contributed by atoms with Gasteiger partial charge in [0.15, 0.2) is 5.78 Å². The molecule has 0 radical (unpaired) electrons. The minimum atomic E-state index is -0.659. The second-order valence-electron chi connectivity index (χ2n) is 5.36. The first-order valence-electron chi connectivity index (χ1n) is 7.15. The van der Waals surface area contributed by atoms with Crippen molar-refractivity contribution in [3.05, 3.63) is 70.8 Å². The zero-order valence-corrected chi connectivity index (χ0v) is 12.5. The number of rotatable bonds is 5. The third-order valence-electron chi connectivity index (χ3n) is 3.82. The van der Waals surface area contributed by atoms with E-state index in [4.69, 9.17) is 0 Å². The van der Waals surface area contributed by atoms with Crippen LogP contribution in [0, 0.1) is 25.2 Å². The maximum atomic E-state index is 12.3. The number of carbonyl (C=O) groups excluding carboxylic acids is 1. The lowest BCUT2D eigenvalue weighted by Gasteiger charge is -2.10. The van der Waals surface area contributed by atoms with E-state index in [1.807, 2.05) is 62.4 Å². The van der Waals surface area contributed by atoms with Gasteiger partial charge < -0.3 is 0 Å². The van der Waals surface area contributed by atoms with Gasteiger partial charge in [-0.05, 0) is 42.5 Å². The number of nitriles is 1. The Morgan fingerprint density at radius 1 is 1.10 bits per heavy atom. The van der Waals surface area contributed by atoms with Gasteiger partial charge in [0.1, 0.15) is 5.92 Å². The Morgan fingerprint density at radius 3 is 2.43 bits per heavy atom. The van der Waals surface area contributed by atoms with Crippen LogP contribution in [0.3, 0.4) is 0 Å². The molecule has 0 fully saturated rings. The number of hydrogen-bond acceptors (Lipinski definition) is 2. The smallest absolute Gasteiger partial charge is 0.154 e. The summed E-state index contributed by atoms with van der Waals surface area (Å²) in [5, 5.41) is 9.34. The number of carbonyl (C=O) groups is 1. The molecule has 106 valence electrons. The molecule has 0 bridgehead atoms. The van der Waals surface area contributed by atoms with Crippen molar-refractivity contribution in [3.8, 4) is 6.07 Å². The van der Waals surface area contributed by atoms with Crippen molar-refractivity contribution >= 4 is 5.78 Å². The van der Waals surface area contributed by atoms with E-state index >= 15 is 0 Å². The fourth-order valence-electron chi connectivity index (χ4n) is 2.33. The molecule has 0 saturated heterocycles. The molecule has 0 aliphatic rings. The van der Waals surface area contributed by atoms with Crippen molar-refractivity contribution in [2.45, 2.75) is 32.6 Å². The zero-order valence-electron chi connectivity index (χ0n) is 12.5. The van der Waals surface area contributed by atoms with Gasteiger partial charge in [-0.15, -0.1) is 0 Å². The van der Waals surface area contributed by atoms with Crippen molar-refractivity contribution in [2.24, 2.45) is 0 Å². The molecule has 1 unspecified atom stereocenters. The molecule has 2 nitrogen and oxygen atoms in total. The third-order valence-corrected chi connectivity index (χ3v) is 3.82. The molecule has 0 spiro atoms. The molecular formula is C19H19NO. The predicted octanol–water partition coefficient (Wildman–Crippen LogP) is 4.11. The lowest BCUT2D eigenvalue weighted by molar-refractivity contribution is -0.119. The molecule has 0 heterocycles. The largest absolute Gasteiger partial charge is 0.298 e. The van der Waals surface area contributed by atoms with Crippen molar-refractivity contribution in [1.29, 1.82) is 5.26 Å². The highest BCUT2D eigenvalue weighted by Crippen LogP contribution is 2.21. The van der Waals surface area contributed by atoms with Crippen molar-refractivity contribution in [3.63, 3.8) is 0 Å². The van der Waals surface area contributed by atoms with E-state index in [0.717, 1.165) is 16.7 Å². The molecule has 0 saturated carbocycles. The lowest BCUT2D eigenvalue weighted by atomic mass is 9.90. The van der Waals surface area contributed by atoms with Gasteiger partial charge in [-0.1, -0.05) is 48.5 Å². The molecule has 0 aliphatic carbocycles. The van der Waals surface area contributed by atoms with Crippen molar-refractivity contribution < 1.29 is 4.79 Å². The minimum absolute atomic E-state index is 0.00962. The number of nitrogens with zero attached hydrogens (tertiary/aromatic N) is 1. The Balaban J connectivity index is 2.08. The fourth-order valence-corrected chi connectivity index (χ4v) is 2.33. The molecule has 2 aromatic carbocycles. The summed E-state index contributed by atoms with van der Waals surface area (Å²) in [4.78, 5) is 12.3. The normalized spacial score (nSPS) is 11.7. The second-order valence-corrected chi connectivity index (χ2v) is 5.36. The van der Waals surface area contributed by atoms with Gasteiger partial charge in [0.05, 0.1) is 6.07 Å².